The molecule has 2 N–H and O–H groups in total. The predicted octanol–water partition coefficient (Wildman–Crippen LogP) is 1.10. The van der Waals surface area contributed by atoms with Gasteiger partial charge < -0.3 is 15.4 Å². The zero-order valence-electron chi connectivity index (χ0n) is 13.0. The van der Waals surface area contributed by atoms with Gasteiger partial charge in [-0.05, 0) is 39.7 Å². The highest BCUT2D eigenvalue weighted by Gasteiger charge is 2.42. The third-order valence-electron chi connectivity index (χ3n) is 3.70. The second kappa shape index (κ2) is 6.44. The van der Waals surface area contributed by atoms with Crippen LogP contribution in [0.25, 0.3) is 0 Å². The van der Waals surface area contributed by atoms with E-state index in [4.69, 9.17) is 10.5 Å². The fraction of sp³-hybridized carbons (Fsp3) is 0.857. The largest absolute Gasteiger partial charge is 0.444 e. The molecule has 7 heteroatoms. The van der Waals surface area contributed by atoms with Gasteiger partial charge in [0.15, 0.2) is 0 Å². The summed E-state index contributed by atoms with van der Waals surface area (Å²) in [6, 6.07) is -0.424. The summed E-state index contributed by atoms with van der Waals surface area (Å²) in [5.41, 5.74) is 5.17. The number of amides is 2. The molecule has 2 aliphatic heterocycles. The molecule has 2 saturated heterocycles. The van der Waals surface area contributed by atoms with E-state index in [1.165, 1.54) is 0 Å². The van der Waals surface area contributed by atoms with Crippen molar-refractivity contribution < 1.29 is 14.3 Å². The van der Waals surface area contributed by atoms with E-state index in [0.717, 1.165) is 12.3 Å². The summed E-state index contributed by atoms with van der Waals surface area (Å²) in [5.74, 6) is 1.87. The van der Waals surface area contributed by atoms with E-state index in [0.29, 0.717) is 25.4 Å². The third kappa shape index (κ3) is 4.03. The van der Waals surface area contributed by atoms with Crippen molar-refractivity contribution in [1.29, 1.82) is 0 Å². The van der Waals surface area contributed by atoms with Crippen molar-refractivity contribution in [3.8, 4) is 0 Å². The van der Waals surface area contributed by atoms with Crippen LogP contribution >= 0.6 is 11.8 Å². The molecule has 0 aromatic heterocycles. The van der Waals surface area contributed by atoms with Crippen molar-refractivity contribution in [2.24, 2.45) is 11.7 Å². The standard InChI is InChI=1S/C14H25N3O3S/c1-14(2,3)20-13(19)17-8-10(7-15)6-11(17)12(18)16-4-5-21-9-16/h10-11H,4-9,15H2,1-3H3. The maximum absolute atomic E-state index is 12.6. The molecule has 2 unspecified atom stereocenters. The van der Waals surface area contributed by atoms with Gasteiger partial charge in [0, 0.05) is 18.8 Å². The van der Waals surface area contributed by atoms with Crippen molar-refractivity contribution in [3.63, 3.8) is 0 Å². The summed E-state index contributed by atoms with van der Waals surface area (Å²) in [6.07, 6.45) is 0.221. The lowest BCUT2D eigenvalue weighted by atomic mass is 10.1. The fourth-order valence-electron chi connectivity index (χ4n) is 2.65. The summed E-state index contributed by atoms with van der Waals surface area (Å²) < 4.78 is 5.43. The van der Waals surface area contributed by atoms with Crippen LogP contribution in [0.2, 0.25) is 0 Å². The molecule has 0 saturated carbocycles. The van der Waals surface area contributed by atoms with Gasteiger partial charge in [0.1, 0.15) is 11.6 Å². The molecule has 2 amide bonds. The van der Waals surface area contributed by atoms with Crippen LogP contribution in [0.1, 0.15) is 27.2 Å². The van der Waals surface area contributed by atoms with Crippen LogP contribution in [0.3, 0.4) is 0 Å². The molecule has 2 atom stereocenters. The lowest BCUT2D eigenvalue weighted by Crippen LogP contribution is -2.48. The average Bonchev–Trinajstić information content (AvgIpc) is 3.05. The summed E-state index contributed by atoms with van der Waals surface area (Å²) in [7, 11) is 0. The number of hydrogen-bond donors (Lipinski definition) is 1. The second-order valence-corrected chi connectivity index (χ2v) is 7.70. The molecule has 6 nitrogen and oxygen atoms in total. The molecular weight excluding hydrogens is 290 g/mol. The van der Waals surface area contributed by atoms with Crippen molar-refractivity contribution >= 4 is 23.8 Å². The molecule has 2 aliphatic rings. The van der Waals surface area contributed by atoms with Crippen LogP contribution in [-0.2, 0) is 9.53 Å². The highest BCUT2D eigenvalue weighted by Crippen LogP contribution is 2.28. The number of nitrogens with zero attached hydrogens (tertiary/aromatic N) is 2. The Morgan fingerprint density at radius 2 is 2.10 bits per heavy atom. The van der Waals surface area contributed by atoms with E-state index < -0.39 is 17.7 Å². The highest BCUT2D eigenvalue weighted by atomic mass is 32.2. The van der Waals surface area contributed by atoms with Crippen LogP contribution in [0, 0.1) is 5.92 Å². The molecule has 21 heavy (non-hydrogen) atoms. The average molecular weight is 315 g/mol. The van der Waals surface area contributed by atoms with E-state index in [2.05, 4.69) is 0 Å². The molecular formula is C14H25N3O3S. The van der Waals surface area contributed by atoms with Gasteiger partial charge in [-0.1, -0.05) is 0 Å². The number of rotatable bonds is 2. The van der Waals surface area contributed by atoms with Crippen molar-refractivity contribution in [2.45, 2.75) is 38.8 Å². The number of ether oxygens (including phenoxy) is 1. The minimum atomic E-state index is -0.561. The Balaban J connectivity index is 2.08. The van der Waals surface area contributed by atoms with Gasteiger partial charge in [0.25, 0.3) is 0 Å². The quantitative estimate of drug-likeness (QED) is 0.826. The molecule has 0 radical (unpaired) electrons. The summed E-state index contributed by atoms with van der Waals surface area (Å²) in [6.45, 7) is 7.23. The monoisotopic (exact) mass is 315 g/mol. The Hall–Kier alpha value is -0.950. The Morgan fingerprint density at radius 3 is 2.62 bits per heavy atom. The van der Waals surface area contributed by atoms with Crippen molar-refractivity contribution in [3.05, 3.63) is 0 Å². The highest BCUT2D eigenvalue weighted by molar-refractivity contribution is 7.99. The zero-order valence-corrected chi connectivity index (χ0v) is 13.8. The third-order valence-corrected chi connectivity index (χ3v) is 4.66. The van der Waals surface area contributed by atoms with Crippen molar-refractivity contribution in [2.75, 3.05) is 31.3 Å². The Labute approximate surface area is 130 Å². The van der Waals surface area contributed by atoms with Crippen LogP contribution in [-0.4, -0.2) is 64.7 Å². The molecule has 2 heterocycles. The molecule has 2 fully saturated rings. The number of nitrogens with two attached hydrogens (primary N) is 1. The van der Waals surface area contributed by atoms with Gasteiger partial charge >= 0.3 is 6.09 Å². The minimum absolute atomic E-state index is 0.0295. The van der Waals surface area contributed by atoms with Gasteiger partial charge in [-0.2, -0.15) is 0 Å². The number of carbonyl (C=O) groups is 2. The van der Waals surface area contributed by atoms with Crippen LogP contribution in [0.15, 0.2) is 0 Å². The number of carbonyl (C=O) groups excluding carboxylic acids is 2. The zero-order chi connectivity index (χ0) is 15.6. The number of likely N-dealkylation sites (tertiary alicyclic amines) is 1. The van der Waals surface area contributed by atoms with Crippen molar-refractivity contribution in [1.82, 2.24) is 9.80 Å². The molecule has 2 rings (SSSR count). The van der Waals surface area contributed by atoms with Gasteiger partial charge in [0.05, 0.1) is 5.88 Å². The lowest BCUT2D eigenvalue weighted by Gasteiger charge is -2.29. The Kier molecular flexibility index (Phi) is 5.03. The normalized spacial score (nSPS) is 26.3. The minimum Gasteiger partial charge on any atom is -0.444 e. The second-order valence-electron chi connectivity index (χ2n) is 6.62. The summed E-state index contributed by atoms with van der Waals surface area (Å²) in [4.78, 5) is 28.3. The Bertz CT molecular complexity index is 405. The van der Waals surface area contributed by atoms with Gasteiger partial charge in [-0.25, -0.2) is 4.79 Å². The number of thioether (sulfide) groups is 1. The first-order valence-electron chi connectivity index (χ1n) is 7.38. The van der Waals surface area contributed by atoms with Crippen LogP contribution in [0.4, 0.5) is 4.79 Å². The molecule has 0 aromatic carbocycles. The van der Waals surface area contributed by atoms with Crippen LogP contribution < -0.4 is 5.73 Å². The van der Waals surface area contributed by atoms with E-state index in [-0.39, 0.29) is 11.8 Å². The summed E-state index contributed by atoms with van der Waals surface area (Å²) >= 11 is 1.74. The number of hydrogen-bond acceptors (Lipinski definition) is 5. The lowest BCUT2D eigenvalue weighted by molar-refractivity contribution is -0.134. The van der Waals surface area contributed by atoms with E-state index in [1.54, 1.807) is 16.7 Å². The molecule has 120 valence electrons. The van der Waals surface area contributed by atoms with Gasteiger partial charge in [0.2, 0.25) is 5.91 Å². The van der Waals surface area contributed by atoms with E-state index in [1.807, 2.05) is 25.7 Å². The van der Waals surface area contributed by atoms with E-state index >= 15 is 0 Å². The molecule has 0 aromatic rings. The smallest absolute Gasteiger partial charge is 0.410 e. The maximum Gasteiger partial charge on any atom is 0.410 e. The first kappa shape index (κ1) is 16.4. The first-order valence-corrected chi connectivity index (χ1v) is 8.53. The maximum atomic E-state index is 12.6. The van der Waals surface area contributed by atoms with E-state index in [9.17, 15) is 9.59 Å². The fourth-order valence-corrected chi connectivity index (χ4v) is 3.60. The van der Waals surface area contributed by atoms with Crippen LogP contribution in [0.5, 0.6) is 0 Å². The molecule has 0 bridgehead atoms. The SMILES string of the molecule is CC(C)(C)OC(=O)N1CC(CN)CC1C(=O)N1CCSC1. The topological polar surface area (TPSA) is 75.9 Å². The predicted molar refractivity (Wildman–Crippen MR) is 82.9 cm³/mol. The Morgan fingerprint density at radius 1 is 1.38 bits per heavy atom. The summed E-state index contributed by atoms with van der Waals surface area (Å²) in [5, 5.41) is 0. The van der Waals surface area contributed by atoms with Gasteiger partial charge in [-0.3, -0.25) is 9.69 Å². The van der Waals surface area contributed by atoms with Gasteiger partial charge in [-0.15, -0.1) is 11.8 Å². The molecule has 0 aliphatic carbocycles. The first-order chi connectivity index (χ1) is 9.81. The molecule has 0 spiro atoms.